The van der Waals surface area contributed by atoms with Gasteiger partial charge in [0.2, 0.25) is 0 Å². The predicted molar refractivity (Wildman–Crippen MR) is 151 cm³/mol. The first-order valence-corrected chi connectivity index (χ1v) is 13.0. The lowest BCUT2D eigenvalue weighted by atomic mass is 9.81. The van der Waals surface area contributed by atoms with Crippen molar-refractivity contribution >= 4 is 0 Å². The second-order valence-corrected chi connectivity index (χ2v) is 9.35. The Morgan fingerprint density at radius 1 is 0.769 bits per heavy atom. The number of aliphatic hydroxyl groups is 1. The summed E-state index contributed by atoms with van der Waals surface area (Å²) >= 11 is 0. The normalized spacial score (nSPS) is 14.1. The van der Waals surface area contributed by atoms with E-state index < -0.39 is 6.10 Å². The van der Waals surface area contributed by atoms with Crippen LogP contribution in [0, 0.1) is 11.8 Å². The second kappa shape index (κ2) is 15.2. The Kier molecular flexibility index (Phi) is 11.7. The van der Waals surface area contributed by atoms with Gasteiger partial charge in [-0.15, -0.1) is 0 Å². The van der Waals surface area contributed by atoms with Crippen molar-refractivity contribution in [3.05, 3.63) is 96.1 Å². The average Bonchev–Trinajstić information content (AvgIpc) is 2.98. The highest BCUT2D eigenvalue weighted by molar-refractivity contribution is 5.45. The fourth-order valence-electron chi connectivity index (χ4n) is 4.41. The van der Waals surface area contributed by atoms with Gasteiger partial charge in [0.15, 0.2) is 23.0 Å². The molecule has 0 fully saturated rings. The summed E-state index contributed by atoms with van der Waals surface area (Å²) in [6, 6.07) is 21.2. The third-order valence-corrected chi connectivity index (χ3v) is 6.81. The Labute approximate surface area is 231 Å². The van der Waals surface area contributed by atoms with Crippen LogP contribution < -0.4 is 18.9 Å². The van der Waals surface area contributed by atoms with Crippen LogP contribution in [0.4, 0.5) is 0 Å². The van der Waals surface area contributed by atoms with Crippen molar-refractivity contribution in [1.29, 1.82) is 0 Å². The topological polar surface area (TPSA) is 75.6 Å². The number of ether oxygens (including phenoxy) is 6. The molecule has 3 aromatic rings. The van der Waals surface area contributed by atoms with Crippen LogP contribution in [-0.4, -0.2) is 39.8 Å². The SMILES string of the molecule is C=CCOc1ccc([C@H](O)[C@H](C)[C@@H](C)[C@H](OCOC)c2ccc(OCc3ccccc3)c(OC)c2)cc1OC. The molecule has 39 heavy (non-hydrogen) atoms. The van der Waals surface area contributed by atoms with Crippen molar-refractivity contribution in [3.8, 4) is 23.0 Å². The number of benzene rings is 3. The number of rotatable bonds is 16. The maximum Gasteiger partial charge on any atom is 0.161 e. The van der Waals surface area contributed by atoms with E-state index >= 15 is 0 Å². The van der Waals surface area contributed by atoms with Crippen molar-refractivity contribution in [1.82, 2.24) is 0 Å². The minimum Gasteiger partial charge on any atom is -0.493 e. The zero-order valence-electron chi connectivity index (χ0n) is 23.5. The molecule has 3 rings (SSSR count). The van der Waals surface area contributed by atoms with E-state index in [1.165, 1.54) is 0 Å². The molecule has 0 heterocycles. The van der Waals surface area contributed by atoms with Crippen molar-refractivity contribution < 1.29 is 33.5 Å². The molecular weight excluding hydrogens is 496 g/mol. The van der Waals surface area contributed by atoms with Crippen molar-refractivity contribution in [2.24, 2.45) is 11.8 Å². The summed E-state index contributed by atoms with van der Waals surface area (Å²) in [6.07, 6.45) is 0.526. The van der Waals surface area contributed by atoms with Crippen molar-refractivity contribution in [2.75, 3.05) is 34.7 Å². The summed E-state index contributed by atoms with van der Waals surface area (Å²) in [5.41, 5.74) is 2.69. The molecule has 7 nitrogen and oxygen atoms in total. The third-order valence-electron chi connectivity index (χ3n) is 6.81. The first-order valence-electron chi connectivity index (χ1n) is 13.0. The zero-order valence-corrected chi connectivity index (χ0v) is 23.5. The van der Waals surface area contributed by atoms with E-state index in [2.05, 4.69) is 13.5 Å². The summed E-state index contributed by atoms with van der Waals surface area (Å²) in [6.45, 7) is 8.64. The van der Waals surface area contributed by atoms with E-state index in [4.69, 9.17) is 28.4 Å². The van der Waals surface area contributed by atoms with Gasteiger partial charge in [-0.2, -0.15) is 0 Å². The molecule has 0 aliphatic heterocycles. The van der Waals surface area contributed by atoms with Gasteiger partial charge in [0.25, 0.3) is 0 Å². The first kappa shape index (κ1) is 30.0. The summed E-state index contributed by atoms with van der Waals surface area (Å²) in [5, 5.41) is 11.3. The third kappa shape index (κ3) is 7.99. The Bertz CT molecular complexity index is 1160. The Morgan fingerprint density at radius 3 is 2.00 bits per heavy atom. The van der Waals surface area contributed by atoms with Gasteiger partial charge in [0, 0.05) is 7.11 Å². The molecular formula is C32H40O7. The van der Waals surface area contributed by atoms with Crippen LogP contribution in [0.1, 0.15) is 42.7 Å². The molecule has 210 valence electrons. The molecule has 7 heteroatoms. The lowest BCUT2D eigenvalue weighted by Gasteiger charge is -2.32. The van der Waals surface area contributed by atoms with Crippen LogP contribution in [0.25, 0.3) is 0 Å². The van der Waals surface area contributed by atoms with Crippen molar-refractivity contribution in [3.63, 3.8) is 0 Å². The molecule has 4 atom stereocenters. The molecule has 1 N–H and O–H groups in total. The fourth-order valence-corrected chi connectivity index (χ4v) is 4.41. The predicted octanol–water partition coefficient (Wildman–Crippen LogP) is 6.52. The molecule has 0 radical (unpaired) electrons. The van der Waals surface area contributed by atoms with E-state index in [9.17, 15) is 5.11 Å². The summed E-state index contributed by atoms with van der Waals surface area (Å²) in [5.74, 6) is 2.11. The maximum atomic E-state index is 11.3. The van der Waals surface area contributed by atoms with E-state index in [0.29, 0.717) is 36.2 Å². The minimum absolute atomic E-state index is 0.0985. The number of methoxy groups -OCH3 is 3. The Hall–Kier alpha value is -3.52. The first-order chi connectivity index (χ1) is 18.9. The highest BCUT2D eigenvalue weighted by Crippen LogP contribution is 2.41. The van der Waals surface area contributed by atoms with Gasteiger partial charge < -0.3 is 33.5 Å². The largest absolute Gasteiger partial charge is 0.493 e. The van der Waals surface area contributed by atoms with Gasteiger partial charge in [0.1, 0.15) is 20.0 Å². The van der Waals surface area contributed by atoms with Crippen LogP contribution in [0.3, 0.4) is 0 Å². The Balaban J connectivity index is 1.81. The quantitative estimate of drug-likeness (QED) is 0.165. The van der Waals surface area contributed by atoms with E-state index in [0.717, 1.165) is 16.7 Å². The molecule has 0 amide bonds. The van der Waals surface area contributed by atoms with Crippen molar-refractivity contribution in [2.45, 2.75) is 32.7 Å². The van der Waals surface area contributed by atoms with Crippen LogP contribution in [0.2, 0.25) is 0 Å². The highest BCUT2D eigenvalue weighted by atomic mass is 16.7. The molecule has 0 aliphatic carbocycles. The lowest BCUT2D eigenvalue weighted by molar-refractivity contribution is -0.106. The van der Waals surface area contributed by atoms with E-state index in [1.807, 2.05) is 61.5 Å². The van der Waals surface area contributed by atoms with Gasteiger partial charge in [-0.25, -0.2) is 0 Å². The van der Waals surface area contributed by atoms with Gasteiger partial charge in [-0.3, -0.25) is 0 Å². The van der Waals surface area contributed by atoms with Gasteiger partial charge in [0.05, 0.1) is 26.4 Å². The van der Waals surface area contributed by atoms with Gasteiger partial charge in [-0.05, 0) is 52.8 Å². The molecule has 0 saturated carbocycles. The molecule has 0 unspecified atom stereocenters. The molecule has 0 aromatic heterocycles. The lowest BCUT2D eigenvalue weighted by Crippen LogP contribution is -2.25. The van der Waals surface area contributed by atoms with Crippen LogP contribution in [0.5, 0.6) is 23.0 Å². The molecule has 0 spiro atoms. The fraction of sp³-hybridized carbons (Fsp3) is 0.375. The second-order valence-electron chi connectivity index (χ2n) is 9.35. The maximum absolute atomic E-state index is 11.3. The standard InChI is InChI=1S/C32H40O7/c1-7-17-37-27-15-13-25(18-29(27)35-5)31(33)22(2)23(3)32(39-21-34-4)26-14-16-28(30(19-26)36-6)38-20-24-11-9-8-10-12-24/h7-16,18-19,22-23,31-33H,1,17,20-21H2,2-6H3/t22-,23-,31-,32+/m1/s1. The summed E-state index contributed by atoms with van der Waals surface area (Å²) < 4.78 is 34.2. The van der Waals surface area contributed by atoms with Crippen LogP contribution >= 0.6 is 0 Å². The molecule has 0 saturated heterocycles. The smallest absolute Gasteiger partial charge is 0.161 e. The summed E-state index contributed by atoms with van der Waals surface area (Å²) in [4.78, 5) is 0. The van der Waals surface area contributed by atoms with Gasteiger partial charge in [-0.1, -0.05) is 69.0 Å². The molecule has 3 aromatic carbocycles. The number of hydrogen-bond donors (Lipinski definition) is 1. The molecule has 0 aliphatic rings. The monoisotopic (exact) mass is 536 g/mol. The van der Waals surface area contributed by atoms with E-state index in [-0.39, 0.29) is 24.7 Å². The molecule has 0 bridgehead atoms. The summed E-state index contributed by atoms with van der Waals surface area (Å²) in [7, 11) is 4.78. The highest BCUT2D eigenvalue weighted by Gasteiger charge is 2.31. The van der Waals surface area contributed by atoms with Crippen LogP contribution in [-0.2, 0) is 16.1 Å². The Morgan fingerprint density at radius 2 is 1.38 bits per heavy atom. The van der Waals surface area contributed by atoms with E-state index in [1.54, 1.807) is 39.5 Å². The van der Waals surface area contributed by atoms with Gasteiger partial charge >= 0.3 is 0 Å². The van der Waals surface area contributed by atoms with Crippen LogP contribution in [0.15, 0.2) is 79.4 Å². The number of hydrogen-bond acceptors (Lipinski definition) is 7. The minimum atomic E-state index is -0.772. The zero-order chi connectivity index (χ0) is 28.2. The number of aliphatic hydroxyl groups excluding tert-OH is 1. The average molecular weight is 537 g/mol.